The number of hydrogen-bond donors (Lipinski definition) is 4. The molecule has 0 atom stereocenters. The number of hydrogen-bond acceptors (Lipinski definition) is 9. The molecule has 0 aliphatic carbocycles. The highest BCUT2D eigenvalue weighted by Gasteiger charge is 2.22. The van der Waals surface area contributed by atoms with Crippen LogP contribution in [0.5, 0.6) is 5.75 Å². The van der Waals surface area contributed by atoms with Crippen molar-refractivity contribution in [2.24, 2.45) is 10.2 Å². The van der Waals surface area contributed by atoms with Gasteiger partial charge in [-0.2, -0.15) is 13.5 Å². The Kier molecular flexibility index (Phi) is 9.60. The maximum Gasteiger partial charge on any atom is 0.296 e. The fourth-order valence-corrected chi connectivity index (χ4v) is 5.50. The van der Waals surface area contributed by atoms with Crippen molar-refractivity contribution >= 4 is 71.0 Å². The Bertz CT molecular complexity index is 1570. The average Bonchev–Trinajstić information content (AvgIpc) is 2.78. The molecule has 0 saturated heterocycles. The van der Waals surface area contributed by atoms with Crippen molar-refractivity contribution in [3.8, 4) is 5.75 Å². The van der Waals surface area contributed by atoms with Crippen LogP contribution in [0.3, 0.4) is 0 Å². The van der Waals surface area contributed by atoms with Crippen LogP contribution in [0.15, 0.2) is 57.6 Å². The van der Waals surface area contributed by atoms with Gasteiger partial charge in [-0.25, -0.2) is 8.42 Å². The summed E-state index contributed by atoms with van der Waals surface area (Å²) in [5.74, 6) is -2.49. The van der Waals surface area contributed by atoms with Crippen molar-refractivity contribution in [3.63, 3.8) is 0 Å². The van der Waals surface area contributed by atoms with Gasteiger partial charge in [0, 0.05) is 29.7 Å². The van der Waals surface area contributed by atoms with Gasteiger partial charge < -0.3 is 15.7 Å². The number of phenols is 1. The van der Waals surface area contributed by atoms with Gasteiger partial charge in [0.2, 0.25) is 5.91 Å². The molecule has 200 valence electrons. The number of fused-ring (bicyclic) bond motifs is 1. The number of benzene rings is 3. The minimum absolute atomic E-state index is 0. The van der Waals surface area contributed by atoms with Crippen LogP contribution in [0.1, 0.15) is 13.0 Å². The molecule has 0 fully saturated rings. The maximum atomic E-state index is 12.1. The number of carbonyl (C=O) groups excluding carboxylic acids is 1. The van der Waals surface area contributed by atoms with E-state index in [1.54, 1.807) is 38.2 Å². The molecule has 0 aliphatic rings. The number of rotatable bonds is 9. The Hall–Kier alpha value is -3.26. The van der Waals surface area contributed by atoms with E-state index in [1.807, 2.05) is 0 Å². The van der Waals surface area contributed by atoms with Crippen molar-refractivity contribution in [1.29, 1.82) is 0 Å². The van der Waals surface area contributed by atoms with Gasteiger partial charge >= 0.3 is 0 Å². The quantitative estimate of drug-likeness (QED) is 0.161. The fraction of sp³-hybridized carbons (Fsp3) is 0.261. The Morgan fingerprint density at radius 2 is 1.70 bits per heavy atom. The van der Waals surface area contributed by atoms with Gasteiger partial charge in [0.15, 0.2) is 15.6 Å². The van der Waals surface area contributed by atoms with E-state index in [9.17, 15) is 31.3 Å². The zero-order chi connectivity index (χ0) is 26.7. The Labute approximate surface area is 220 Å². The summed E-state index contributed by atoms with van der Waals surface area (Å²) in [4.78, 5) is 11.5. The topological polar surface area (TPSA) is 175 Å². The molecule has 0 heterocycles. The third kappa shape index (κ3) is 7.38. The minimum Gasteiger partial charge on any atom is -0.505 e. The highest BCUT2D eigenvalue weighted by Crippen LogP contribution is 2.42. The van der Waals surface area contributed by atoms with E-state index in [-0.39, 0.29) is 35.8 Å². The molecular weight excluding hydrogens is 544 g/mol. The molecule has 3 rings (SSSR count). The summed E-state index contributed by atoms with van der Waals surface area (Å²) >= 11 is 5.44. The van der Waals surface area contributed by atoms with Gasteiger partial charge in [-0.05, 0) is 54.3 Å². The van der Waals surface area contributed by atoms with E-state index < -0.39 is 47.9 Å². The van der Waals surface area contributed by atoms with E-state index in [2.05, 4.69) is 20.9 Å². The number of sulfone groups is 1. The lowest BCUT2D eigenvalue weighted by Gasteiger charge is -2.11. The number of alkyl halides is 1. The van der Waals surface area contributed by atoms with Crippen LogP contribution >= 0.6 is 11.6 Å². The normalized spacial score (nSPS) is 11.9. The van der Waals surface area contributed by atoms with Gasteiger partial charge in [0.1, 0.15) is 16.3 Å². The summed E-state index contributed by atoms with van der Waals surface area (Å²) in [6.45, 7) is 1.67. The van der Waals surface area contributed by atoms with E-state index in [1.165, 1.54) is 18.2 Å². The number of carbonyl (C=O) groups is 1. The molecule has 3 aromatic carbocycles. The second kappa shape index (κ2) is 11.9. The summed E-state index contributed by atoms with van der Waals surface area (Å²) < 4.78 is 57.4. The van der Waals surface area contributed by atoms with Crippen molar-refractivity contribution in [3.05, 3.63) is 48.0 Å². The van der Waals surface area contributed by atoms with Crippen LogP contribution in [0, 0.1) is 6.92 Å². The van der Waals surface area contributed by atoms with Crippen LogP contribution in [-0.2, 0) is 24.7 Å². The lowest BCUT2D eigenvalue weighted by Crippen LogP contribution is -2.25. The van der Waals surface area contributed by atoms with Crippen LogP contribution in [-0.4, -0.2) is 56.8 Å². The summed E-state index contributed by atoms with van der Waals surface area (Å²) in [5.41, 5.74) is 1.19. The standard InChI is InChI=1S/C22H23ClN4O7S2.CH4/c1-13-3-4-16(25-20(28)12-35(30,31)8-7-23)11-18(13)26-27-21-19(36(32,33)34)10-14-9-15(24-2)5-6-17(14)22(21)29;/h3-6,9-11,24,29H,7-8,12H2,1-2H3,(H,25,28)(H,32,33,34);1H4. The fourth-order valence-electron chi connectivity index (χ4n) is 3.29. The van der Waals surface area contributed by atoms with Crippen LogP contribution < -0.4 is 10.6 Å². The number of nitrogens with one attached hydrogen (secondary N) is 2. The first-order chi connectivity index (χ1) is 16.8. The molecule has 37 heavy (non-hydrogen) atoms. The summed E-state index contributed by atoms with van der Waals surface area (Å²) in [7, 11) is -6.77. The third-order valence-corrected chi connectivity index (χ3v) is 7.92. The summed E-state index contributed by atoms with van der Waals surface area (Å²) in [6.07, 6.45) is 0. The number of nitrogens with zero attached hydrogens (tertiary/aromatic N) is 2. The number of anilines is 2. The second-order valence-corrected chi connectivity index (χ2v) is 11.7. The van der Waals surface area contributed by atoms with Gasteiger partial charge in [-0.15, -0.1) is 16.7 Å². The highest BCUT2D eigenvalue weighted by atomic mass is 35.5. The van der Waals surface area contributed by atoms with Crippen LogP contribution in [0.25, 0.3) is 10.8 Å². The number of halogens is 1. The largest absolute Gasteiger partial charge is 0.505 e. The first-order valence-electron chi connectivity index (χ1n) is 10.4. The van der Waals surface area contributed by atoms with E-state index >= 15 is 0 Å². The minimum atomic E-state index is -4.79. The molecule has 0 aliphatic heterocycles. The number of aromatic hydroxyl groups is 1. The number of amides is 1. The van der Waals surface area contributed by atoms with Gasteiger partial charge in [0.25, 0.3) is 10.1 Å². The predicted octanol–water partition coefficient (Wildman–Crippen LogP) is 4.79. The van der Waals surface area contributed by atoms with Gasteiger partial charge in [-0.1, -0.05) is 13.5 Å². The molecule has 0 spiro atoms. The molecule has 4 N–H and O–H groups in total. The summed E-state index contributed by atoms with van der Waals surface area (Å²) in [5, 5.41) is 24.6. The van der Waals surface area contributed by atoms with Crippen LogP contribution in [0.2, 0.25) is 0 Å². The molecule has 0 saturated carbocycles. The Morgan fingerprint density at radius 3 is 2.32 bits per heavy atom. The zero-order valence-electron chi connectivity index (χ0n) is 19.2. The number of phenolic OH excluding ortho intramolecular Hbond substituents is 1. The van der Waals surface area contributed by atoms with Gasteiger partial charge in [0.05, 0.1) is 11.4 Å². The predicted molar refractivity (Wildman–Crippen MR) is 145 cm³/mol. The second-order valence-electron chi connectivity index (χ2n) is 7.76. The SMILES string of the molecule is C.CNc1ccc2c(O)c(N=Nc3cc(NC(=O)CS(=O)(=O)CCCl)ccc3C)c(S(=O)(=O)O)cc2c1. The smallest absolute Gasteiger partial charge is 0.296 e. The number of aryl methyl sites for hydroxylation is 1. The van der Waals surface area contributed by atoms with Crippen molar-refractivity contribution in [1.82, 2.24) is 0 Å². The first-order valence-corrected chi connectivity index (χ1v) is 14.2. The molecule has 3 aromatic rings. The Balaban J connectivity index is 0.00000481. The first kappa shape index (κ1) is 30.0. The monoisotopic (exact) mass is 570 g/mol. The molecule has 0 radical (unpaired) electrons. The average molecular weight is 571 g/mol. The molecule has 1 amide bonds. The van der Waals surface area contributed by atoms with Gasteiger partial charge in [-0.3, -0.25) is 9.35 Å². The Morgan fingerprint density at radius 1 is 1.03 bits per heavy atom. The van der Waals surface area contributed by atoms with Crippen molar-refractivity contribution < 1.29 is 31.3 Å². The molecule has 0 bridgehead atoms. The van der Waals surface area contributed by atoms with Crippen molar-refractivity contribution in [2.75, 3.05) is 35.1 Å². The molecule has 11 nitrogen and oxygen atoms in total. The van der Waals surface area contributed by atoms with E-state index in [0.29, 0.717) is 16.6 Å². The molecule has 14 heteroatoms. The molecular formula is C23H27ClN4O7S2. The zero-order valence-corrected chi connectivity index (χ0v) is 21.6. The van der Waals surface area contributed by atoms with Crippen molar-refractivity contribution in [2.45, 2.75) is 19.2 Å². The van der Waals surface area contributed by atoms with E-state index in [0.717, 1.165) is 0 Å². The molecule has 0 unspecified atom stereocenters. The number of azo groups is 1. The van der Waals surface area contributed by atoms with E-state index in [4.69, 9.17) is 11.6 Å². The van der Waals surface area contributed by atoms with Crippen LogP contribution in [0.4, 0.5) is 22.7 Å². The lowest BCUT2D eigenvalue weighted by atomic mass is 10.1. The lowest BCUT2D eigenvalue weighted by molar-refractivity contribution is -0.113. The maximum absolute atomic E-state index is 12.1. The summed E-state index contributed by atoms with van der Waals surface area (Å²) in [6, 6.07) is 10.5. The highest BCUT2D eigenvalue weighted by molar-refractivity contribution is 7.92. The molecule has 0 aromatic heterocycles. The third-order valence-electron chi connectivity index (χ3n) is 5.11.